The number of halogens is 3. The Morgan fingerprint density at radius 1 is 1.18 bits per heavy atom. The maximum absolute atomic E-state index is 14.0. The summed E-state index contributed by atoms with van der Waals surface area (Å²) in [6.45, 7) is 1.89. The smallest absolute Gasteiger partial charge is 0.150 e. The number of nitrogen functional groups attached to an aromatic ring is 1. The molecular weight excluding hydrogens is 305 g/mol. The van der Waals surface area contributed by atoms with E-state index in [-0.39, 0.29) is 5.02 Å². The van der Waals surface area contributed by atoms with Crippen LogP contribution in [0.2, 0.25) is 5.02 Å². The second kappa shape index (κ2) is 4.67. The molecule has 88 valence electrons. The average Bonchev–Trinajstić information content (AvgIpc) is 2.28. The highest BCUT2D eigenvalue weighted by molar-refractivity contribution is 9.10. The van der Waals surface area contributed by atoms with Crippen molar-refractivity contribution in [2.24, 2.45) is 0 Å². The first-order chi connectivity index (χ1) is 8.00. The Balaban J connectivity index is 2.65. The Morgan fingerprint density at radius 3 is 2.47 bits per heavy atom. The van der Waals surface area contributed by atoms with Crippen molar-refractivity contribution in [2.45, 2.75) is 6.92 Å². The fourth-order valence-electron chi connectivity index (χ4n) is 1.72. The number of anilines is 1. The van der Waals surface area contributed by atoms with E-state index in [2.05, 4.69) is 15.9 Å². The maximum atomic E-state index is 14.0. The molecular formula is C13H10BrClFN. The largest absolute Gasteiger partial charge is 0.399 e. The number of rotatable bonds is 1. The number of hydrogen-bond acceptors (Lipinski definition) is 1. The van der Waals surface area contributed by atoms with Crippen LogP contribution >= 0.6 is 27.5 Å². The van der Waals surface area contributed by atoms with Crippen LogP contribution in [-0.2, 0) is 0 Å². The first kappa shape index (κ1) is 12.4. The lowest BCUT2D eigenvalue weighted by Crippen LogP contribution is -1.92. The Bertz CT molecular complexity index is 584. The van der Waals surface area contributed by atoms with Crippen molar-refractivity contribution in [2.75, 3.05) is 5.73 Å². The summed E-state index contributed by atoms with van der Waals surface area (Å²) in [5.74, 6) is -0.422. The Labute approximate surface area is 113 Å². The Morgan fingerprint density at radius 2 is 1.82 bits per heavy atom. The summed E-state index contributed by atoms with van der Waals surface area (Å²) in [5.41, 5.74) is 8.53. The molecule has 0 aromatic heterocycles. The van der Waals surface area contributed by atoms with Gasteiger partial charge in [-0.2, -0.15) is 0 Å². The maximum Gasteiger partial charge on any atom is 0.150 e. The van der Waals surface area contributed by atoms with Crippen LogP contribution in [0.3, 0.4) is 0 Å². The minimum Gasteiger partial charge on any atom is -0.399 e. The Kier molecular flexibility index (Phi) is 3.40. The third kappa shape index (κ3) is 2.31. The molecule has 0 amide bonds. The molecule has 2 rings (SSSR count). The minimum atomic E-state index is -0.422. The number of nitrogens with two attached hydrogens (primary N) is 1. The average molecular weight is 315 g/mol. The van der Waals surface area contributed by atoms with E-state index in [1.807, 2.05) is 13.0 Å². The van der Waals surface area contributed by atoms with E-state index >= 15 is 0 Å². The lowest BCUT2D eigenvalue weighted by Gasteiger charge is -2.10. The second-order valence-electron chi connectivity index (χ2n) is 3.80. The predicted molar refractivity (Wildman–Crippen MR) is 73.7 cm³/mol. The van der Waals surface area contributed by atoms with Crippen molar-refractivity contribution in [1.82, 2.24) is 0 Å². The lowest BCUT2D eigenvalue weighted by atomic mass is 9.99. The molecule has 1 nitrogen and oxygen atoms in total. The standard InChI is InChI=1S/C13H10BrClFN/c1-7-6-8(17)2-3-9(7)10-4-5-11(14)12(15)13(10)16/h2-6H,17H2,1H3. The summed E-state index contributed by atoms with van der Waals surface area (Å²) >= 11 is 9.06. The molecule has 0 saturated carbocycles. The molecule has 0 aliphatic heterocycles. The zero-order valence-electron chi connectivity index (χ0n) is 9.10. The molecule has 0 fully saturated rings. The third-order valence-electron chi connectivity index (χ3n) is 2.58. The van der Waals surface area contributed by atoms with E-state index in [0.717, 1.165) is 11.1 Å². The van der Waals surface area contributed by atoms with E-state index in [9.17, 15) is 4.39 Å². The molecule has 4 heteroatoms. The first-order valence-corrected chi connectivity index (χ1v) is 6.18. The lowest BCUT2D eigenvalue weighted by molar-refractivity contribution is 0.631. The van der Waals surface area contributed by atoms with Gasteiger partial charge in [-0.1, -0.05) is 23.7 Å². The monoisotopic (exact) mass is 313 g/mol. The van der Waals surface area contributed by atoms with Gasteiger partial charge in [0.1, 0.15) is 0 Å². The molecule has 2 N–H and O–H groups in total. The molecule has 0 atom stereocenters. The van der Waals surface area contributed by atoms with E-state index < -0.39 is 5.82 Å². The molecule has 17 heavy (non-hydrogen) atoms. The van der Waals surface area contributed by atoms with Crippen LogP contribution in [0.5, 0.6) is 0 Å². The van der Waals surface area contributed by atoms with Crippen molar-refractivity contribution >= 4 is 33.2 Å². The van der Waals surface area contributed by atoms with E-state index in [0.29, 0.717) is 15.7 Å². The van der Waals surface area contributed by atoms with Gasteiger partial charge in [-0.05, 0) is 52.2 Å². The van der Waals surface area contributed by atoms with Gasteiger partial charge < -0.3 is 5.73 Å². The normalized spacial score (nSPS) is 10.6. The van der Waals surface area contributed by atoms with Crippen LogP contribution < -0.4 is 5.73 Å². The van der Waals surface area contributed by atoms with E-state index in [1.54, 1.807) is 24.3 Å². The van der Waals surface area contributed by atoms with Gasteiger partial charge in [-0.15, -0.1) is 0 Å². The van der Waals surface area contributed by atoms with Crippen molar-refractivity contribution < 1.29 is 4.39 Å². The quantitative estimate of drug-likeness (QED) is 0.594. The second-order valence-corrected chi connectivity index (χ2v) is 5.03. The molecule has 0 heterocycles. The molecule has 0 bridgehead atoms. The molecule has 0 aliphatic rings. The highest BCUT2D eigenvalue weighted by Gasteiger charge is 2.13. The summed E-state index contributed by atoms with van der Waals surface area (Å²) in [4.78, 5) is 0. The van der Waals surface area contributed by atoms with Gasteiger partial charge in [0, 0.05) is 15.7 Å². The third-order valence-corrected chi connectivity index (χ3v) is 3.83. The molecule has 2 aromatic carbocycles. The van der Waals surface area contributed by atoms with Crippen LogP contribution in [0, 0.1) is 12.7 Å². The van der Waals surface area contributed by atoms with Crippen LogP contribution in [0.1, 0.15) is 5.56 Å². The minimum absolute atomic E-state index is 0.0960. The van der Waals surface area contributed by atoms with Gasteiger partial charge >= 0.3 is 0 Å². The van der Waals surface area contributed by atoms with Crippen LogP contribution in [-0.4, -0.2) is 0 Å². The first-order valence-electron chi connectivity index (χ1n) is 5.00. The van der Waals surface area contributed by atoms with E-state index in [1.165, 1.54) is 0 Å². The predicted octanol–water partition coefficient (Wildman–Crippen LogP) is 4.80. The highest BCUT2D eigenvalue weighted by atomic mass is 79.9. The van der Waals surface area contributed by atoms with Crippen molar-refractivity contribution in [3.8, 4) is 11.1 Å². The summed E-state index contributed by atoms with van der Waals surface area (Å²) in [5, 5.41) is 0.0960. The summed E-state index contributed by atoms with van der Waals surface area (Å²) in [7, 11) is 0. The summed E-state index contributed by atoms with van der Waals surface area (Å²) in [6, 6.07) is 8.79. The topological polar surface area (TPSA) is 26.0 Å². The molecule has 0 saturated heterocycles. The highest BCUT2D eigenvalue weighted by Crippen LogP contribution is 2.34. The molecule has 0 aliphatic carbocycles. The van der Waals surface area contributed by atoms with Crippen LogP contribution in [0.15, 0.2) is 34.8 Å². The van der Waals surface area contributed by atoms with Gasteiger partial charge in [0.05, 0.1) is 5.02 Å². The van der Waals surface area contributed by atoms with Gasteiger partial charge in [-0.25, -0.2) is 4.39 Å². The van der Waals surface area contributed by atoms with Gasteiger partial charge in [0.2, 0.25) is 0 Å². The molecule has 0 unspecified atom stereocenters. The van der Waals surface area contributed by atoms with Crippen molar-refractivity contribution in [1.29, 1.82) is 0 Å². The van der Waals surface area contributed by atoms with Gasteiger partial charge in [-0.3, -0.25) is 0 Å². The van der Waals surface area contributed by atoms with Gasteiger partial charge in [0.25, 0.3) is 0 Å². The summed E-state index contributed by atoms with van der Waals surface area (Å²) in [6.07, 6.45) is 0. The van der Waals surface area contributed by atoms with Crippen LogP contribution in [0.25, 0.3) is 11.1 Å². The zero-order chi connectivity index (χ0) is 12.6. The van der Waals surface area contributed by atoms with Gasteiger partial charge in [0.15, 0.2) is 5.82 Å². The SMILES string of the molecule is Cc1cc(N)ccc1-c1ccc(Br)c(Cl)c1F. The summed E-state index contributed by atoms with van der Waals surface area (Å²) < 4.78 is 14.6. The number of benzene rings is 2. The fraction of sp³-hybridized carbons (Fsp3) is 0.0769. The fourth-order valence-corrected chi connectivity index (χ4v) is 2.19. The number of aryl methyl sites for hydroxylation is 1. The Hall–Kier alpha value is -1.06. The zero-order valence-corrected chi connectivity index (χ0v) is 11.4. The van der Waals surface area contributed by atoms with Crippen molar-refractivity contribution in [3.63, 3.8) is 0 Å². The molecule has 0 spiro atoms. The number of hydrogen-bond donors (Lipinski definition) is 1. The van der Waals surface area contributed by atoms with Crippen LogP contribution in [0.4, 0.5) is 10.1 Å². The molecule has 0 radical (unpaired) electrons. The van der Waals surface area contributed by atoms with Crippen molar-refractivity contribution in [3.05, 3.63) is 51.2 Å². The molecule has 2 aromatic rings. The van der Waals surface area contributed by atoms with E-state index in [4.69, 9.17) is 17.3 Å².